The number of fused-ring (bicyclic) bond motifs is 1. The molecule has 0 saturated heterocycles. The van der Waals surface area contributed by atoms with Gasteiger partial charge >= 0.3 is 0 Å². The Kier molecular flexibility index (Phi) is 3.24. The molecule has 0 radical (unpaired) electrons. The zero-order chi connectivity index (χ0) is 14.1. The van der Waals surface area contributed by atoms with Crippen molar-refractivity contribution in [1.82, 2.24) is 0 Å². The highest BCUT2D eigenvalue weighted by molar-refractivity contribution is 7.17. The molecule has 2 N–H and O–H groups in total. The molecule has 0 unspecified atom stereocenters. The van der Waals surface area contributed by atoms with E-state index in [1.165, 1.54) is 12.1 Å². The van der Waals surface area contributed by atoms with Crippen LogP contribution in [0, 0.1) is 5.82 Å². The van der Waals surface area contributed by atoms with Crippen molar-refractivity contribution in [2.75, 3.05) is 5.73 Å². The summed E-state index contributed by atoms with van der Waals surface area (Å²) in [6, 6.07) is 12.1. The number of Topliss-reactive ketones (excluding diaryl/α,β-unsaturated/α-hetero) is 1. The molecule has 3 aromatic rings. The van der Waals surface area contributed by atoms with Crippen LogP contribution in [0.25, 0.3) is 10.1 Å². The number of rotatable bonds is 3. The quantitative estimate of drug-likeness (QED) is 0.583. The summed E-state index contributed by atoms with van der Waals surface area (Å²) in [7, 11) is 0. The second kappa shape index (κ2) is 5.06. The molecule has 0 aliphatic rings. The second-order valence-corrected chi connectivity index (χ2v) is 5.50. The van der Waals surface area contributed by atoms with Gasteiger partial charge in [-0.2, -0.15) is 0 Å². The van der Waals surface area contributed by atoms with Crippen LogP contribution in [-0.2, 0) is 6.42 Å². The monoisotopic (exact) mass is 285 g/mol. The van der Waals surface area contributed by atoms with E-state index in [1.54, 1.807) is 17.4 Å². The smallest absolute Gasteiger partial charge is 0.167 e. The summed E-state index contributed by atoms with van der Waals surface area (Å²) in [5.74, 6) is -0.654. The lowest BCUT2D eigenvalue weighted by molar-refractivity contribution is 0.0993. The van der Waals surface area contributed by atoms with Crippen LogP contribution in [0.3, 0.4) is 0 Å². The Morgan fingerprint density at radius 3 is 2.80 bits per heavy atom. The molecule has 1 heterocycles. The number of carbonyl (C=O) groups excluding carboxylic acids is 1. The largest absolute Gasteiger partial charge is 0.396 e. The summed E-state index contributed by atoms with van der Waals surface area (Å²) in [6.07, 6.45) is 0.271. The highest BCUT2D eigenvalue weighted by Crippen LogP contribution is 2.26. The zero-order valence-electron chi connectivity index (χ0n) is 10.6. The van der Waals surface area contributed by atoms with Gasteiger partial charge in [-0.25, -0.2) is 4.39 Å². The molecule has 0 bridgehead atoms. The number of carbonyl (C=O) groups is 1. The standard InChI is InChI=1S/C16H12FNOS/c17-13-7-10(5-6-14(13)18)15(19)8-11-9-20-16-4-2-1-3-12(11)16/h1-7,9H,8,18H2. The van der Waals surface area contributed by atoms with Gasteiger partial charge in [-0.05, 0) is 40.6 Å². The van der Waals surface area contributed by atoms with Crippen molar-refractivity contribution < 1.29 is 9.18 Å². The van der Waals surface area contributed by atoms with Crippen LogP contribution >= 0.6 is 11.3 Å². The predicted octanol–water partition coefficient (Wildman–Crippen LogP) is 4.05. The topological polar surface area (TPSA) is 43.1 Å². The first kappa shape index (κ1) is 12.8. The van der Waals surface area contributed by atoms with Crippen LogP contribution in [-0.4, -0.2) is 5.78 Å². The Morgan fingerprint density at radius 1 is 1.20 bits per heavy atom. The molecule has 2 nitrogen and oxygen atoms in total. The number of halogens is 1. The molecule has 3 rings (SSSR count). The molecule has 0 fully saturated rings. The van der Waals surface area contributed by atoms with Crippen LogP contribution in [0.1, 0.15) is 15.9 Å². The van der Waals surface area contributed by atoms with Crippen molar-refractivity contribution in [1.29, 1.82) is 0 Å². The Hall–Kier alpha value is -2.20. The number of benzene rings is 2. The van der Waals surface area contributed by atoms with Crippen LogP contribution in [0.5, 0.6) is 0 Å². The summed E-state index contributed by atoms with van der Waals surface area (Å²) in [5.41, 5.74) is 6.81. The van der Waals surface area contributed by atoms with Crippen LogP contribution < -0.4 is 5.73 Å². The maximum Gasteiger partial charge on any atom is 0.167 e. The number of hydrogen-bond acceptors (Lipinski definition) is 3. The van der Waals surface area contributed by atoms with Gasteiger partial charge < -0.3 is 5.73 Å². The van der Waals surface area contributed by atoms with Gasteiger partial charge in [0.2, 0.25) is 0 Å². The minimum absolute atomic E-state index is 0.0579. The molecule has 4 heteroatoms. The van der Waals surface area contributed by atoms with Gasteiger partial charge in [0.05, 0.1) is 5.69 Å². The van der Waals surface area contributed by atoms with Crippen LogP contribution in [0.15, 0.2) is 47.8 Å². The third-order valence-electron chi connectivity index (χ3n) is 3.23. The molecule has 0 aliphatic carbocycles. The highest BCUT2D eigenvalue weighted by Gasteiger charge is 2.12. The van der Waals surface area contributed by atoms with E-state index in [0.29, 0.717) is 5.56 Å². The number of anilines is 1. The van der Waals surface area contributed by atoms with Gasteiger partial charge in [0.15, 0.2) is 5.78 Å². The molecule has 2 aromatic carbocycles. The van der Waals surface area contributed by atoms with Crippen molar-refractivity contribution in [2.24, 2.45) is 0 Å². The van der Waals surface area contributed by atoms with Gasteiger partial charge in [0, 0.05) is 16.7 Å². The van der Waals surface area contributed by atoms with E-state index < -0.39 is 5.82 Å². The molecule has 100 valence electrons. The van der Waals surface area contributed by atoms with E-state index in [-0.39, 0.29) is 17.9 Å². The lowest BCUT2D eigenvalue weighted by Crippen LogP contribution is -2.04. The van der Waals surface area contributed by atoms with Crippen LogP contribution in [0.2, 0.25) is 0 Å². The van der Waals surface area contributed by atoms with Crippen molar-refractivity contribution in [2.45, 2.75) is 6.42 Å². The Balaban J connectivity index is 1.90. The number of hydrogen-bond donors (Lipinski definition) is 1. The first-order valence-corrected chi connectivity index (χ1v) is 7.06. The number of nitrogens with two attached hydrogens (primary N) is 1. The summed E-state index contributed by atoms with van der Waals surface area (Å²) in [5, 5.41) is 3.07. The third-order valence-corrected chi connectivity index (χ3v) is 4.25. The summed E-state index contributed by atoms with van der Waals surface area (Å²) >= 11 is 1.61. The average molecular weight is 285 g/mol. The molecular weight excluding hydrogens is 273 g/mol. The van der Waals surface area contributed by atoms with E-state index >= 15 is 0 Å². The summed E-state index contributed by atoms with van der Waals surface area (Å²) < 4.78 is 14.5. The molecular formula is C16H12FNOS. The maximum absolute atomic E-state index is 13.4. The Bertz CT molecular complexity index is 794. The SMILES string of the molecule is Nc1ccc(C(=O)Cc2csc3ccccc23)cc1F. The Labute approximate surface area is 119 Å². The van der Waals surface area contributed by atoms with Crippen molar-refractivity contribution in [3.63, 3.8) is 0 Å². The van der Waals surface area contributed by atoms with E-state index in [0.717, 1.165) is 15.6 Å². The van der Waals surface area contributed by atoms with E-state index in [2.05, 4.69) is 0 Å². The van der Waals surface area contributed by atoms with E-state index in [9.17, 15) is 9.18 Å². The molecule has 0 aliphatic heterocycles. The first-order chi connectivity index (χ1) is 9.65. The first-order valence-electron chi connectivity index (χ1n) is 6.18. The fourth-order valence-electron chi connectivity index (χ4n) is 2.15. The predicted molar refractivity (Wildman–Crippen MR) is 80.7 cm³/mol. The minimum Gasteiger partial charge on any atom is -0.396 e. The number of nitrogen functional groups attached to an aromatic ring is 1. The van der Waals surface area contributed by atoms with Gasteiger partial charge in [-0.15, -0.1) is 11.3 Å². The molecule has 0 amide bonds. The highest BCUT2D eigenvalue weighted by atomic mass is 32.1. The fraction of sp³-hybridized carbons (Fsp3) is 0.0625. The average Bonchev–Trinajstić information content (AvgIpc) is 2.85. The van der Waals surface area contributed by atoms with Crippen molar-refractivity contribution in [3.8, 4) is 0 Å². The molecule has 0 atom stereocenters. The van der Waals surface area contributed by atoms with E-state index in [4.69, 9.17) is 5.73 Å². The maximum atomic E-state index is 13.4. The van der Waals surface area contributed by atoms with Gasteiger partial charge in [-0.1, -0.05) is 18.2 Å². The summed E-state index contributed by atoms with van der Waals surface area (Å²) in [6.45, 7) is 0. The molecule has 1 aromatic heterocycles. The lowest BCUT2D eigenvalue weighted by atomic mass is 10.0. The summed E-state index contributed by atoms with van der Waals surface area (Å²) in [4.78, 5) is 12.2. The van der Waals surface area contributed by atoms with Gasteiger partial charge in [-0.3, -0.25) is 4.79 Å². The third kappa shape index (κ3) is 2.30. The molecule has 20 heavy (non-hydrogen) atoms. The Morgan fingerprint density at radius 2 is 2.00 bits per heavy atom. The lowest BCUT2D eigenvalue weighted by Gasteiger charge is -2.02. The molecule has 0 spiro atoms. The van der Waals surface area contributed by atoms with Crippen LogP contribution in [0.4, 0.5) is 10.1 Å². The van der Waals surface area contributed by atoms with Crippen molar-refractivity contribution >= 4 is 32.9 Å². The fourth-order valence-corrected chi connectivity index (χ4v) is 3.11. The van der Waals surface area contributed by atoms with Gasteiger partial charge in [0.25, 0.3) is 0 Å². The number of ketones is 1. The molecule has 0 saturated carbocycles. The number of thiophene rings is 1. The van der Waals surface area contributed by atoms with Crippen molar-refractivity contribution in [3.05, 3.63) is 64.8 Å². The van der Waals surface area contributed by atoms with E-state index in [1.807, 2.05) is 29.6 Å². The normalized spacial score (nSPS) is 10.8. The minimum atomic E-state index is -0.550. The second-order valence-electron chi connectivity index (χ2n) is 4.59. The van der Waals surface area contributed by atoms with Gasteiger partial charge in [0.1, 0.15) is 5.82 Å². The zero-order valence-corrected chi connectivity index (χ0v) is 11.4.